The number of hydrogen-bond donors (Lipinski definition) is 1. The third kappa shape index (κ3) is 5.01. The first-order chi connectivity index (χ1) is 12.1. The van der Waals surface area contributed by atoms with Gasteiger partial charge in [0, 0.05) is 25.9 Å². The maximum atomic E-state index is 12.0. The van der Waals surface area contributed by atoms with Gasteiger partial charge in [0.2, 0.25) is 5.91 Å². The highest BCUT2D eigenvalue weighted by atomic mass is 35.5. The largest absolute Gasteiger partial charge is 0.378 e. The standard InChI is InChI=1S/C17H18ClN3O3S/c18-15-4-3-14(25-15)13(22)2-6-17(23)20-16-5-1-12(11-19-16)21-7-9-24-10-8-21/h1,3-5,11H,2,6-10H2,(H,19,20,23). The van der Waals surface area contributed by atoms with Crippen molar-refractivity contribution < 1.29 is 14.3 Å². The molecule has 6 nitrogen and oxygen atoms in total. The van der Waals surface area contributed by atoms with Crippen molar-refractivity contribution in [3.8, 4) is 0 Å². The van der Waals surface area contributed by atoms with Crippen LogP contribution in [-0.2, 0) is 9.53 Å². The van der Waals surface area contributed by atoms with E-state index in [2.05, 4.69) is 15.2 Å². The smallest absolute Gasteiger partial charge is 0.225 e. The number of nitrogens with zero attached hydrogens (tertiary/aromatic N) is 2. The minimum atomic E-state index is -0.234. The average Bonchev–Trinajstić information content (AvgIpc) is 3.08. The molecular formula is C17H18ClN3O3S. The van der Waals surface area contributed by atoms with Gasteiger partial charge in [-0.3, -0.25) is 9.59 Å². The van der Waals surface area contributed by atoms with Gasteiger partial charge in [0.1, 0.15) is 5.82 Å². The Morgan fingerprint density at radius 1 is 1.20 bits per heavy atom. The van der Waals surface area contributed by atoms with Gasteiger partial charge in [-0.1, -0.05) is 11.6 Å². The molecule has 8 heteroatoms. The van der Waals surface area contributed by atoms with Gasteiger partial charge in [-0.15, -0.1) is 11.3 Å². The molecule has 3 heterocycles. The van der Waals surface area contributed by atoms with E-state index in [0.29, 0.717) is 28.2 Å². The summed E-state index contributed by atoms with van der Waals surface area (Å²) in [5.74, 6) is 0.166. The molecule has 25 heavy (non-hydrogen) atoms. The van der Waals surface area contributed by atoms with Crippen molar-refractivity contribution in [2.45, 2.75) is 12.8 Å². The van der Waals surface area contributed by atoms with Crippen molar-refractivity contribution in [3.05, 3.63) is 39.7 Å². The summed E-state index contributed by atoms with van der Waals surface area (Å²) in [6, 6.07) is 7.05. The van der Waals surface area contributed by atoms with E-state index in [0.717, 1.165) is 18.8 Å². The molecule has 1 amide bonds. The van der Waals surface area contributed by atoms with Crippen LogP contribution in [0.5, 0.6) is 0 Å². The first-order valence-corrected chi connectivity index (χ1v) is 9.18. The lowest BCUT2D eigenvalue weighted by molar-refractivity contribution is -0.116. The number of pyridine rings is 1. The van der Waals surface area contributed by atoms with Gasteiger partial charge in [-0.2, -0.15) is 0 Å². The van der Waals surface area contributed by atoms with Crippen molar-refractivity contribution in [3.63, 3.8) is 0 Å². The number of thiophene rings is 1. The van der Waals surface area contributed by atoms with Crippen LogP contribution in [0, 0.1) is 0 Å². The molecule has 0 radical (unpaired) electrons. The number of nitrogens with one attached hydrogen (secondary N) is 1. The summed E-state index contributed by atoms with van der Waals surface area (Å²) in [7, 11) is 0. The number of hydrogen-bond acceptors (Lipinski definition) is 6. The molecule has 0 aliphatic carbocycles. The van der Waals surface area contributed by atoms with E-state index in [1.807, 2.05) is 6.07 Å². The molecule has 0 spiro atoms. The summed E-state index contributed by atoms with van der Waals surface area (Å²) >= 11 is 7.04. The molecule has 3 rings (SSSR count). The summed E-state index contributed by atoms with van der Waals surface area (Å²) < 4.78 is 5.89. The second-order valence-corrected chi connectivity index (χ2v) is 7.29. The quantitative estimate of drug-likeness (QED) is 0.780. The zero-order valence-corrected chi connectivity index (χ0v) is 15.1. The molecule has 0 atom stereocenters. The van der Waals surface area contributed by atoms with Crippen LogP contribution in [0.3, 0.4) is 0 Å². The number of ketones is 1. The number of morpholine rings is 1. The van der Waals surface area contributed by atoms with Crippen molar-refractivity contribution in [1.82, 2.24) is 4.98 Å². The van der Waals surface area contributed by atoms with E-state index in [4.69, 9.17) is 16.3 Å². The van der Waals surface area contributed by atoms with Crippen LogP contribution in [0.4, 0.5) is 11.5 Å². The topological polar surface area (TPSA) is 71.5 Å². The predicted molar refractivity (Wildman–Crippen MR) is 98.8 cm³/mol. The number of Topliss-reactive ketones (excluding diaryl/α,β-unsaturated/α-hetero) is 1. The van der Waals surface area contributed by atoms with Crippen molar-refractivity contribution in [2.75, 3.05) is 36.5 Å². The molecule has 2 aromatic heterocycles. The Hall–Kier alpha value is -1.96. The van der Waals surface area contributed by atoms with Gasteiger partial charge in [0.25, 0.3) is 0 Å². The normalized spacial score (nSPS) is 14.4. The molecule has 2 aromatic rings. The van der Waals surface area contributed by atoms with Gasteiger partial charge in [0.05, 0.1) is 34.3 Å². The van der Waals surface area contributed by atoms with Crippen LogP contribution in [0.1, 0.15) is 22.5 Å². The van der Waals surface area contributed by atoms with Crippen molar-refractivity contribution in [2.24, 2.45) is 0 Å². The molecule has 1 saturated heterocycles. The lowest BCUT2D eigenvalue weighted by Gasteiger charge is -2.28. The average molecular weight is 380 g/mol. The SMILES string of the molecule is O=C(CCC(=O)c1ccc(Cl)s1)Nc1ccc(N2CCOCC2)cn1. The summed E-state index contributed by atoms with van der Waals surface area (Å²) in [4.78, 5) is 31.0. The number of amides is 1. The Bertz CT molecular complexity index is 742. The van der Waals surface area contributed by atoms with Crippen molar-refractivity contribution in [1.29, 1.82) is 0 Å². The zero-order valence-electron chi connectivity index (χ0n) is 13.5. The Labute approximate surface area is 154 Å². The molecule has 1 aliphatic heterocycles. The minimum absolute atomic E-state index is 0.0809. The van der Waals surface area contributed by atoms with E-state index in [9.17, 15) is 9.59 Å². The van der Waals surface area contributed by atoms with Crippen LogP contribution in [0.15, 0.2) is 30.5 Å². The second-order valence-electron chi connectivity index (χ2n) is 5.58. The van der Waals surface area contributed by atoms with Gasteiger partial charge in [0.15, 0.2) is 5.78 Å². The van der Waals surface area contributed by atoms with Crippen LogP contribution >= 0.6 is 22.9 Å². The highest BCUT2D eigenvalue weighted by Crippen LogP contribution is 2.23. The van der Waals surface area contributed by atoms with Gasteiger partial charge < -0.3 is 15.0 Å². The number of ether oxygens (including phenoxy) is 1. The fourth-order valence-electron chi connectivity index (χ4n) is 2.49. The highest BCUT2D eigenvalue weighted by molar-refractivity contribution is 7.18. The molecular weight excluding hydrogens is 362 g/mol. The highest BCUT2D eigenvalue weighted by Gasteiger charge is 2.13. The predicted octanol–water partition coefficient (Wildman–Crippen LogP) is 3.23. The Balaban J connectivity index is 1.48. The zero-order chi connectivity index (χ0) is 17.6. The maximum absolute atomic E-state index is 12.0. The third-order valence-corrected chi connectivity index (χ3v) is 5.09. The lowest BCUT2D eigenvalue weighted by Crippen LogP contribution is -2.36. The number of halogens is 1. The van der Waals surface area contributed by atoms with E-state index < -0.39 is 0 Å². The Morgan fingerprint density at radius 3 is 2.64 bits per heavy atom. The molecule has 1 fully saturated rings. The molecule has 1 aliphatic rings. The number of aromatic nitrogens is 1. The summed E-state index contributed by atoms with van der Waals surface area (Å²) in [6.45, 7) is 3.09. The molecule has 0 bridgehead atoms. The van der Waals surface area contributed by atoms with Gasteiger partial charge in [-0.25, -0.2) is 4.98 Å². The van der Waals surface area contributed by atoms with E-state index in [1.54, 1.807) is 24.4 Å². The molecule has 0 saturated carbocycles. The van der Waals surface area contributed by atoms with E-state index >= 15 is 0 Å². The Kier molecular flexibility index (Phi) is 6.01. The van der Waals surface area contributed by atoms with Gasteiger partial charge in [-0.05, 0) is 24.3 Å². The van der Waals surface area contributed by atoms with Crippen molar-refractivity contribution >= 4 is 46.1 Å². The Morgan fingerprint density at radius 2 is 2.00 bits per heavy atom. The number of carbonyl (C=O) groups excluding carboxylic acids is 2. The monoisotopic (exact) mass is 379 g/mol. The van der Waals surface area contributed by atoms with E-state index in [1.165, 1.54) is 11.3 Å². The first kappa shape index (κ1) is 17.8. The van der Waals surface area contributed by atoms with Crippen LogP contribution in [0.25, 0.3) is 0 Å². The number of carbonyl (C=O) groups is 2. The van der Waals surface area contributed by atoms with Crippen LogP contribution in [0.2, 0.25) is 4.34 Å². The molecule has 0 aromatic carbocycles. The molecule has 0 unspecified atom stereocenters. The second kappa shape index (κ2) is 8.42. The molecule has 132 valence electrons. The summed E-state index contributed by atoms with van der Waals surface area (Å²) in [5.41, 5.74) is 1.01. The number of rotatable bonds is 6. The fraction of sp³-hybridized carbons (Fsp3) is 0.353. The van der Waals surface area contributed by atoms with Crippen LogP contribution in [-0.4, -0.2) is 43.0 Å². The summed E-state index contributed by atoms with van der Waals surface area (Å²) in [5, 5.41) is 2.72. The van der Waals surface area contributed by atoms with E-state index in [-0.39, 0.29) is 24.5 Å². The lowest BCUT2D eigenvalue weighted by atomic mass is 10.2. The molecule has 1 N–H and O–H groups in total. The number of anilines is 2. The van der Waals surface area contributed by atoms with Gasteiger partial charge >= 0.3 is 0 Å². The first-order valence-electron chi connectivity index (χ1n) is 7.99. The van der Waals surface area contributed by atoms with Crippen LogP contribution < -0.4 is 10.2 Å². The fourth-order valence-corrected chi connectivity index (χ4v) is 3.50. The minimum Gasteiger partial charge on any atom is -0.378 e. The summed E-state index contributed by atoms with van der Waals surface area (Å²) in [6.07, 6.45) is 2.00. The maximum Gasteiger partial charge on any atom is 0.225 e. The third-order valence-electron chi connectivity index (χ3n) is 3.82.